The molecule has 5 aromatic carbocycles. The largest absolute Gasteiger partial charge is 0.504 e. The molecule has 0 radical (unpaired) electrons. The van der Waals surface area contributed by atoms with Crippen LogP contribution in [0.25, 0.3) is 66.8 Å². The summed E-state index contributed by atoms with van der Waals surface area (Å²) in [6.45, 7) is 0. The predicted octanol–water partition coefficient (Wildman–Crippen LogP) is 7.14. The molecule has 0 saturated heterocycles. The van der Waals surface area contributed by atoms with Crippen molar-refractivity contribution in [1.82, 2.24) is 0 Å². The molecule has 0 saturated carbocycles. The van der Waals surface area contributed by atoms with E-state index in [1.165, 1.54) is 0 Å². The van der Waals surface area contributed by atoms with Gasteiger partial charge in [-0.2, -0.15) is 0 Å². The molecule has 0 bridgehead atoms. The van der Waals surface area contributed by atoms with Gasteiger partial charge >= 0.3 is 0 Å². The first kappa shape index (κ1) is 18.8. The predicted molar refractivity (Wildman–Crippen MR) is 133 cm³/mol. The van der Waals surface area contributed by atoms with Gasteiger partial charge < -0.3 is 20.4 Å². The Morgan fingerprint density at radius 3 is 1.03 bits per heavy atom. The van der Waals surface area contributed by atoms with E-state index in [1.807, 2.05) is 72.8 Å². The van der Waals surface area contributed by atoms with E-state index in [0.717, 1.165) is 55.6 Å². The van der Waals surface area contributed by atoms with Crippen molar-refractivity contribution in [2.24, 2.45) is 0 Å². The van der Waals surface area contributed by atoms with E-state index in [2.05, 4.69) is 0 Å². The maximum atomic E-state index is 10.4. The molecule has 0 amide bonds. The van der Waals surface area contributed by atoms with Crippen molar-refractivity contribution in [3.8, 4) is 89.8 Å². The smallest absolute Gasteiger partial charge is 0.166 e. The quantitative estimate of drug-likeness (QED) is 0.215. The zero-order valence-corrected chi connectivity index (χ0v) is 17.9. The number of hydrogen-bond acceptors (Lipinski definition) is 4. The number of aromatic hydroxyl groups is 4. The van der Waals surface area contributed by atoms with Gasteiger partial charge in [0.25, 0.3) is 0 Å². The van der Waals surface area contributed by atoms with E-state index in [0.29, 0.717) is 11.1 Å². The Bertz CT molecular complexity index is 1550. The fourth-order valence-electron chi connectivity index (χ4n) is 5.40. The highest BCUT2D eigenvalue weighted by Gasteiger charge is 2.32. The van der Waals surface area contributed by atoms with Crippen LogP contribution in [0.5, 0.6) is 23.0 Å². The van der Waals surface area contributed by atoms with E-state index in [9.17, 15) is 20.4 Å². The van der Waals surface area contributed by atoms with Crippen LogP contribution in [0, 0.1) is 0 Å². The van der Waals surface area contributed by atoms with Crippen LogP contribution < -0.4 is 0 Å². The van der Waals surface area contributed by atoms with Gasteiger partial charge in [0, 0.05) is 22.3 Å². The summed E-state index contributed by atoms with van der Waals surface area (Å²) in [5.74, 6) is -0.472. The number of phenolic OH excluding ortho intramolecular Hbond substituents is 4. The molecule has 2 aliphatic rings. The van der Waals surface area contributed by atoms with Gasteiger partial charge in [0.05, 0.1) is 0 Å². The molecule has 2 aliphatic carbocycles. The highest BCUT2D eigenvalue weighted by Crippen LogP contribution is 2.59. The highest BCUT2D eigenvalue weighted by molar-refractivity contribution is 6.13. The fraction of sp³-hybridized carbons (Fsp3) is 0. The Hall–Kier alpha value is -4.70. The standard InChI is InChI=1S/C30H18O4/c31-23-13-21(25-17-5-1-3-7-19(17)27(25)29(23)33)15-9-11-16(12-10-15)22-14-24(32)30(34)28-20-8-4-2-6-18(20)26(22)28/h1-14,31-34H. The van der Waals surface area contributed by atoms with Crippen molar-refractivity contribution in [3.05, 3.63) is 84.9 Å². The van der Waals surface area contributed by atoms with Gasteiger partial charge in [-0.3, -0.25) is 0 Å². The molecule has 0 heterocycles. The first-order valence-corrected chi connectivity index (χ1v) is 11.0. The number of phenols is 4. The second-order valence-electron chi connectivity index (χ2n) is 8.75. The lowest BCUT2D eigenvalue weighted by atomic mass is 9.75. The normalized spacial score (nSPS) is 12.0. The first-order valence-electron chi connectivity index (χ1n) is 11.0. The summed E-state index contributed by atoms with van der Waals surface area (Å²) in [5.41, 5.74) is 10.7. The second-order valence-corrected chi connectivity index (χ2v) is 8.75. The van der Waals surface area contributed by atoms with Crippen molar-refractivity contribution in [2.45, 2.75) is 0 Å². The lowest BCUT2D eigenvalue weighted by Crippen LogP contribution is -2.02. The zero-order chi connectivity index (χ0) is 23.1. The summed E-state index contributed by atoms with van der Waals surface area (Å²) in [6, 6.07) is 26.8. The molecule has 7 rings (SSSR count). The summed E-state index contributed by atoms with van der Waals surface area (Å²) in [5, 5.41) is 41.7. The number of rotatable bonds is 2. The summed E-state index contributed by atoms with van der Waals surface area (Å²) >= 11 is 0. The summed E-state index contributed by atoms with van der Waals surface area (Å²) in [6.07, 6.45) is 0. The Kier molecular flexibility index (Phi) is 3.56. The van der Waals surface area contributed by atoms with Crippen molar-refractivity contribution >= 4 is 0 Å². The van der Waals surface area contributed by atoms with Crippen LogP contribution in [-0.2, 0) is 0 Å². The molecule has 34 heavy (non-hydrogen) atoms. The molecule has 0 aromatic heterocycles. The highest BCUT2D eigenvalue weighted by atomic mass is 16.3. The van der Waals surface area contributed by atoms with Crippen molar-refractivity contribution < 1.29 is 20.4 Å². The van der Waals surface area contributed by atoms with Gasteiger partial charge in [-0.15, -0.1) is 0 Å². The van der Waals surface area contributed by atoms with E-state index in [-0.39, 0.29) is 23.0 Å². The Morgan fingerprint density at radius 2 is 0.676 bits per heavy atom. The molecule has 0 spiro atoms. The first-order chi connectivity index (χ1) is 16.5. The minimum Gasteiger partial charge on any atom is -0.504 e. The second kappa shape index (κ2) is 6.42. The average molecular weight is 442 g/mol. The van der Waals surface area contributed by atoms with Crippen LogP contribution in [0.3, 0.4) is 0 Å². The molecule has 5 aromatic rings. The molecule has 162 valence electrons. The van der Waals surface area contributed by atoms with Crippen molar-refractivity contribution in [2.75, 3.05) is 0 Å². The number of benzene rings is 5. The van der Waals surface area contributed by atoms with Crippen LogP contribution in [0.1, 0.15) is 0 Å². The molecule has 0 fully saturated rings. The molecule has 4 heteroatoms. The molecular weight excluding hydrogens is 424 g/mol. The molecule has 0 aliphatic heterocycles. The van der Waals surface area contributed by atoms with E-state index in [1.54, 1.807) is 12.1 Å². The van der Waals surface area contributed by atoms with Gasteiger partial charge in [-0.1, -0.05) is 72.8 Å². The van der Waals surface area contributed by atoms with Crippen molar-refractivity contribution in [1.29, 1.82) is 0 Å². The van der Waals surface area contributed by atoms with Crippen LogP contribution in [0.15, 0.2) is 84.9 Å². The average Bonchev–Trinajstić information content (AvgIpc) is 2.83. The van der Waals surface area contributed by atoms with E-state index >= 15 is 0 Å². The van der Waals surface area contributed by atoms with Crippen LogP contribution >= 0.6 is 0 Å². The number of hydrogen-bond donors (Lipinski definition) is 4. The zero-order valence-electron chi connectivity index (χ0n) is 17.9. The molecule has 4 nitrogen and oxygen atoms in total. The molecule has 0 unspecified atom stereocenters. The van der Waals surface area contributed by atoms with Crippen LogP contribution in [0.2, 0.25) is 0 Å². The van der Waals surface area contributed by atoms with Gasteiger partial charge in [0.15, 0.2) is 23.0 Å². The molecule has 4 N–H and O–H groups in total. The van der Waals surface area contributed by atoms with Crippen LogP contribution in [0.4, 0.5) is 0 Å². The molecular formula is C30H18O4. The van der Waals surface area contributed by atoms with Crippen LogP contribution in [-0.4, -0.2) is 20.4 Å². The summed E-state index contributed by atoms with van der Waals surface area (Å²) in [7, 11) is 0. The lowest BCUT2D eigenvalue weighted by Gasteiger charge is -2.29. The minimum atomic E-state index is -0.145. The summed E-state index contributed by atoms with van der Waals surface area (Å²) < 4.78 is 0. The van der Waals surface area contributed by atoms with Crippen molar-refractivity contribution in [3.63, 3.8) is 0 Å². The minimum absolute atomic E-state index is 0.0911. The van der Waals surface area contributed by atoms with E-state index in [4.69, 9.17) is 0 Å². The number of fused-ring (bicyclic) bond motifs is 8. The SMILES string of the molecule is Oc1cc(-c2ccc(-c3cc(O)c(O)c4c3-c3ccccc3-4)cc2)c2c(c1O)-c1ccccc1-2. The third-order valence-electron chi connectivity index (χ3n) is 7.00. The fourth-order valence-corrected chi connectivity index (χ4v) is 5.40. The topological polar surface area (TPSA) is 80.9 Å². The third-order valence-corrected chi connectivity index (χ3v) is 7.00. The lowest BCUT2D eigenvalue weighted by molar-refractivity contribution is 0.405. The Balaban J connectivity index is 1.36. The maximum Gasteiger partial charge on any atom is 0.166 e. The van der Waals surface area contributed by atoms with Gasteiger partial charge in [0.1, 0.15) is 0 Å². The van der Waals surface area contributed by atoms with Gasteiger partial charge in [-0.25, -0.2) is 0 Å². The maximum absolute atomic E-state index is 10.4. The Morgan fingerprint density at radius 1 is 0.353 bits per heavy atom. The third kappa shape index (κ3) is 2.27. The molecule has 0 atom stereocenters. The van der Waals surface area contributed by atoms with Gasteiger partial charge in [0.2, 0.25) is 0 Å². The van der Waals surface area contributed by atoms with Gasteiger partial charge in [-0.05, 0) is 56.6 Å². The monoisotopic (exact) mass is 442 g/mol. The summed E-state index contributed by atoms with van der Waals surface area (Å²) in [4.78, 5) is 0. The van der Waals surface area contributed by atoms with E-state index < -0.39 is 0 Å². The Labute approximate surface area is 195 Å².